The van der Waals surface area contributed by atoms with Crippen molar-refractivity contribution in [1.82, 2.24) is 10.2 Å². The summed E-state index contributed by atoms with van der Waals surface area (Å²) >= 11 is 0. The molecular formula is C8H7N5O2. The zero-order valence-corrected chi connectivity index (χ0v) is 7.87. The van der Waals surface area contributed by atoms with Crippen LogP contribution in [0.25, 0.3) is 0 Å². The summed E-state index contributed by atoms with van der Waals surface area (Å²) in [7, 11) is 0. The number of carbonyl (C=O) groups is 1. The molecule has 7 nitrogen and oxygen atoms in total. The van der Waals surface area contributed by atoms with Crippen LogP contribution >= 0.6 is 0 Å². The van der Waals surface area contributed by atoms with Crippen LogP contribution in [0.5, 0.6) is 0 Å². The molecule has 0 unspecified atom stereocenters. The Morgan fingerprint density at radius 3 is 2.87 bits per heavy atom. The van der Waals surface area contributed by atoms with Crippen LogP contribution < -0.4 is 5.32 Å². The normalized spacial score (nSPS) is 8.73. The van der Waals surface area contributed by atoms with Crippen molar-refractivity contribution in [1.29, 1.82) is 10.5 Å². The van der Waals surface area contributed by atoms with Crippen molar-refractivity contribution in [3.63, 3.8) is 0 Å². The molecule has 7 heteroatoms. The lowest BCUT2D eigenvalue weighted by atomic mass is 10.2. The summed E-state index contributed by atoms with van der Waals surface area (Å²) in [6.45, 7) is 1.87. The van der Waals surface area contributed by atoms with E-state index in [1.807, 2.05) is 0 Å². The molecule has 1 heterocycles. The van der Waals surface area contributed by atoms with E-state index in [4.69, 9.17) is 10.5 Å². The van der Waals surface area contributed by atoms with Gasteiger partial charge in [0.1, 0.15) is 17.7 Å². The van der Waals surface area contributed by atoms with Gasteiger partial charge in [0, 0.05) is 0 Å². The lowest BCUT2D eigenvalue weighted by Crippen LogP contribution is -2.14. The SMILES string of the molecule is CCOC(=O)Nc1[nH]nc(C#N)c1C#N. The van der Waals surface area contributed by atoms with Crippen LogP contribution in [0, 0.1) is 22.7 Å². The van der Waals surface area contributed by atoms with Crippen molar-refractivity contribution in [2.24, 2.45) is 0 Å². The van der Waals surface area contributed by atoms with Crippen LogP contribution in [0.3, 0.4) is 0 Å². The number of H-pyrrole nitrogens is 1. The van der Waals surface area contributed by atoms with E-state index in [2.05, 4.69) is 20.3 Å². The average molecular weight is 205 g/mol. The smallest absolute Gasteiger partial charge is 0.412 e. The van der Waals surface area contributed by atoms with Crippen molar-refractivity contribution in [2.75, 3.05) is 11.9 Å². The molecule has 2 N–H and O–H groups in total. The van der Waals surface area contributed by atoms with Gasteiger partial charge in [0.2, 0.25) is 0 Å². The first-order valence-corrected chi connectivity index (χ1v) is 4.05. The minimum atomic E-state index is -0.706. The van der Waals surface area contributed by atoms with E-state index in [1.165, 1.54) is 0 Å². The van der Waals surface area contributed by atoms with Gasteiger partial charge in [0.25, 0.3) is 0 Å². The quantitative estimate of drug-likeness (QED) is 0.738. The molecule has 0 atom stereocenters. The molecule has 0 aromatic carbocycles. The highest BCUT2D eigenvalue weighted by Gasteiger charge is 2.14. The maximum absolute atomic E-state index is 11.0. The number of hydrogen-bond donors (Lipinski definition) is 2. The van der Waals surface area contributed by atoms with E-state index in [0.29, 0.717) is 0 Å². The van der Waals surface area contributed by atoms with Gasteiger partial charge in [-0.1, -0.05) is 0 Å². The molecule has 15 heavy (non-hydrogen) atoms. The Kier molecular flexibility index (Phi) is 3.25. The van der Waals surface area contributed by atoms with Gasteiger partial charge >= 0.3 is 6.09 Å². The lowest BCUT2D eigenvalue weighted by Gasteiger charge is -2.01. The van der Waals surface area contributed by atoms with Crippen molar-refractivity contribution in [3.05, 3.63) is 11.3 Å². The van der Waals surface area contributed by atoms with Crippen molar-refractivity contribution in [2.45, 2.75) is 6.92 Å². The second-order valence-electron chi connectivity index (χ2n) is 2.39. The molecule has 1 aromatic heterocycles. The average Bonchev–Trinajstić information content (AvgIpc) is 2.60. The fraction of sp³-hybridized carbons (Fsp3) is 0.250. The summed E-state index contributed by atoms with van der Waals surface area (Å²) in [5, 5.41) is 25.4. The minimum Gasteiger partial charge on any atom is -0.450 e. The fourth-order valence-corrected chi connectivity index (χ4v) is 0.891. The molecule has 0 saturated heterocycles. The van der Waals surface area contributed by atoms with E-state index >= 15 is 0 Å². The van der Waals surface area contributed by atoms with Crippen molar-refractivity contribution in [3.8, 4) is 12.1 Å². The van der Waals surface area contributed by atoms with Crippen molar-refractivity contribution < 1.29 is 9.53 Å². The Labute approximate surface area is 85.3 Å². The minimum absolute atomic E-state index is 0.00875. The van der Waals surface area contributed by atoms with Crippen molar-refractivity contribution >= 4 is 11.9 Å². The van der Waals surface area contributed by atoms with Crippen LogP contribution in [0.4, 0.5) is 10.6 Å². The Balaban J connectivity index is 2.88. The number of carbonyl (C=O) groups excluding carboxylic acids is 1. The molecule has 0 aliphatic carbocycles. The largest absolute Gasteiger partial charge is 0.450 e. The molecule has 1 aromatic rings. The van der Waals surface area contributed by atoms with Crippen LogP contribution in [-0.2, 0) is 4.74 Å². The lowest BCUT2D eigenvalue weighted by molar-refractivity contribution is 0.168. The summed E-state index contributed by atoms with van der Waals surface area (Å²) in [5.41, 5.74) is -0.0742. The molecule has 0 aliphatic rings. The predicted molar refractivity (Wildman–Crippen MR) is 48.7 cm³/mol. The first-order chi connectivity index (χ1) is 7.22. The molecule has 0 bridgehead atoms. The van der Waals surface area contributed by atoms with Gasteiger partial charge in [0.05, 0.1) is 6.61 Å². The van der Waals surface area contributed by atoms with E-state index in [-0.39, 0.29) is 23.7 Å². The highest BCUT2D eigenvalue weighted by Crippen LogP contribution is 2.14. The first kappa shape index (κ1) is 10.5. The van der Waals surface area contributed by atoms with E-state index in [0.717, 1.165) is 0 Å². The van der Waals surface area contributed by atoms with Crippen LogP contribution in [0.2, 0.25) is 0 Å². The molecule has 76 valence electrons. The van der Waals surface area contributed by atoms with Gasteiger partial charge in [-0.05, 0) is 6.92 Å². The highest BCUT2D eigenvalue weighted by molar-refractivity contribution is 5.85. The van der Waals surface area contributed by atoms with Gasteiger partial charge in [-0.2, -0.15) is 15.6 Å². The molecule has 0 spiro atoms. The summed E-state index contributed by atoms with van der Waals surface area (Å²) in [5.74, 6) is 0.0625. The van der Waals surface area contributed by atoms with Gasteiger partial charge in [-0.3, -0.25) is 10.4 Å². The molecule has 1 amide bonds. The van der Waals surface area contributed by atoms with E-state index in [9.17, 15) is 4.79 Å². The van der Waals surface area contributed by atoms with Crippen LogP contribution in [0.1, 0.15) is 18.2 Å². The number of ether oxygens (including phenoxy) is 1. The second kappa shape index (κ2) is 4.63. The third-order valence-corrected chi connectivity index (χ3v) is 1.49. The van der Waals surface area contributed by atoms with Crippen LogP contribution in [0.15, 0.2) is 0 Å². The topological polar surface area (TPSA) is 115 Å². The maximum atomic E-state index is 11.0. The molecule has 0 fully saturated rings. The number of nitrogens with zero attached hydrogens (tertiary/aromatic N) is 3. The molecule has 1 rings (SSSR count). The Hall–Kier alpha value is -2.54. The number of amides is 1. The van der Waals surface area contributed by atoms with Gasteiger partial charge in [-0.25, -0.2) is 4.79 Å². The predicted octanol–water partition coefficient (Wildman–Crippen LogP) is 0.721. The summed E-state index contributed by atoms with van der Waals surface area (Å²) < 4.78 is 4.60. The van der Waals surface area contributed by atoms with Crippen LogP contribution in [-0.4, -0.2) is 22.9 Å². The summed E-state index contributed by atoms with van der Waals surface area (Å²) in [6.07, 6.45) is -0.706. The zero-order valence-electron chi connectivity index (χ0n) is 7.87. The highest BCUT2D eigenvalue weighted by atomic mass is 16.5. The first-order valence-electron chi connectivity index (χ1n) is 4.05. The second-order valence-corrected chi connectivity index (χ2v) is 2.39. The number of anilines is 1. The number of nitriles is 2. The number of aromatic nitrogens is 2. The summed E-state index contributed by atoms with van der Waals surface area (Å²) in [6, 6.07) is 3.47. The summed E-state index contributed by atoms with van der Waals surface area (Å²) in [4.78, 5) is 11.0. The number of aromatic amines is 1. The van der Waals surface area contributed by atoms with E-state index < -0.39 is 6.09 Å². The standard InChI is InChI=1S/C8H7N5O2/c1-2-15-8(14)11-7-5(3-9)6(4-10)12-13-7/h2H2,1H3,(H2,11,12,13,14). The molecule has 0 saturated carbocycles. The van der Waals surface area contributed by atoms with E-state index in [1.54, 1.807) is 19.1 Å². The molecule has 0 radical (unpaired) electrons. The van der Waals surface area contributed by atoms with Gasteiger partial charge in [-0.15, -0.1) is 0 Å². The third kappa shape index (κ3) is 2.23. The Morgan fingerprint density at radius 1 is 1.60 bits per heavy atom. The maximum Gasteiger partial charge on any atom is 0.412 e. The fourth-order valence-electron chi connectivity index (χ4n) is 0.891. The Morgan fingerprint density at radius 2 is 2.33 bits per heavy atom. The Bertz CT molecular complexity index is 451. The third-order valence-electron chi connectivity index (χ3n) is 1.49. The number of rotatable bonds is 2. The zero-order chi connectivity index (χ0) is 11.3. The van der Waals surface area contributed by atoms with Gasteiger partial charge < -0.3 is 4.74 Å². The molecule has 0 aliphatic heterocycles. The number of hydrogen-bond acceptors (Lipinski definition) is 5. The van der Waals surface area contributed by atoms with Gasteiger partial charge in [0.15, 0.2) is 11.5 Å². The number of nitrogens with one attached hydrogen (secondary N) is 2. The monoisotopic (exact) mass is 205 g/mol. The molecular weight excluding hydrogens is 198 g/mol.